The van der Waals surface area contributed by atoms with Crippen LogP contribution < -0.4 is 5.32 Å². The summed E-state index contributed by atoms with van der Waals surface area (Å²) in [7, 11) is 0. The third-order valence-electron chi connectivity index (χ3n) is 2.38. The molecule has 0 aliphatic rings. The maximum Gasteiger partial charge on any atom is 0.326 e. The fourth-order valence-corrected chi connectivity index (χ4v) is 2.23. The van der Waals surface area contributed by atoms with Crippen LogP contribution in [0.3, 0.4) is 0 Å². The van der Waals surface area contributed by atoms with Crippen molar-refractivity contribution in [1.29, 1.82) is 0 Å². The molecule has 0 saturated heterocycles. The molecule has 0 radical (unpaired) electrons. The largest absolute Gasteiger partial charge is 0.480 e. The summed E-state index contributed by atoms with van der Waals surface area (Å²) in [5.41, 5.74) is 0. The van der Waals surface area contributed by atoms with E-state index in [2.05, 4.69) is 12.2 Å². The zero-order valence-electron chi connectivity index (χ0n) is 11.2. The van der Waals surface area contributed by atoms with E-state index in [0.717, 1.165) is 12.8 Å². The first-order valence-corrected chi connectivity index (χ1v) is 7.53. The lowest BCUT2D eigenvalue weighted by Crippen LogP contribution is -2.36. The molecule has 19 heavy (non-hydrogen) atoms. The molecule has 0 aromatic rings. The fourth-order valence-electron chi connectivity index (χ4n) is 1.29. The molecular formula is C12H23NO5S. The minimum atomic E-state index is -1.05. The molecule has 0 rings (SSSR count). The molecule has 0 spiro atoms. The van der Waals surface area contributed by atoms with Gasteiger partial charge in [0, 0.05) is 12.4 Å². The summed E-state index contributed by atoms with van der Waals surface area (Å²) < 4.78 is 5.27. The van der Waals surface area contributed by atoms with Crippen molar-refractivity contribution in [2.45, 2.75) is 38.3 Å². The second-order valence-corrected chi connectivity index (χ2v) is 5.27. The van der Waals surface area contributed by atoms with Crippen LogP contribution >= 0.6 is 11.8 Å². The normalized spacial score (nSPS) is 13.8. The van der Waals surface area contributed by atoms with Crippen molar-refractivity contribution >= 4 is 24.1 Å². The van der Waals surface area contributed by atoms with Crippen molar-refractivity contribution < 1.29 is 24.5 Å². The lowest BCUT2D eigenvalue weighted by molar-refractivity contribution is -0.140. The Balaban J connectivity index is 3.55. The minimum Gasteiger partial charge on any atom is -0.480 e. The number of nitrogens with one attached hydrogen (secondary N) is 1. The highest BCUT2D eigenvalue weighted by Gasteiger charge is 2.15. The van der Waals surface area contributed by atoms with Crippen molar-refractivity contribution in [2.75, 3.05) is 24.7 Å². The Labute approximate surface area is 117 Å². The summed E-state index contributed by atoms with van der Waals surface area (Å²) in [6.45, 7) is 3.03. The number of carbonyl (C=O) groups excluding carboxylic acids is 1. The number of aliphatic hydroxyl groups excluding tert-OH is 1. The van der Waals surface area contributed by atoms with Crippen molar-refractivity contribution in [3.8, 4) is 0 Å². The van der Waals surface area contributed by atoms with Gasteiger partial charge in [-0.25, -0.2) is 4.79 Å². The number of amides is 1. The van der Waals surface area contributed by atoms with Gasteiger partial charge in [-0.05, 0) is 18.6 Å². The van der Waals surface area contributed by atoms with Crippen LogP contribution in [0.1, 0.15) is 26.2 Å². The zero-order chi connectivity index (χ0) is 14.5. The Morgan fingerprint density at radius 3 is 2.84 bits per heavy atom. The van der Waals surface area contributed by atoms with Crippen LogP contribution in [-0.2, 0) is 14.3 Å². The summed E-state index contributed by atoms with van der Waals surface area (Å²) in [6, 6.07) is -0.858. The van der Waals surface area contributed by atoms with E-state index in [1.807, 2.05) is 0 Å². The van der Waals surface area contributed by atoms with Gasteiger partial charge in [0.2, 0.25) is 6.41 Å². The average Bonchev–Trinajstić information content (AvgIpc) is 2.38. The van der Waals surface area contributed by atoms with Crippen molar-refractivity contribution in [3.63, 3.8) is 0 Å². The number of rotatable bonds is 13. The molecule has 0 aliphatic carbocycles. The number of aliphatic hydroxyl groups is 1. The standard InChI is InChI=1S/C12H23NO5S/c1-2-3-5-18-7-10(15)8-19-6-4-11(12(16)17)13-9-14/h9-11,15H,2-8H2,1H3,(H,13,14)(H,16,17). The van der Waals surface area contributed by atoms with E-state index in [0.29, 0.717) is 37.6 Å². The summed E-state index contributed by atoms with van der Waals surface area (Å²) >= 11 is 1.45. The molecule has 0 bridgehead atoms. The monoisotopic (exact) mass is 293 g/mol. The lowest BCUT2D eigenvalue weighted by Gasteiger charge is -2.13. The highest BCUT2D eigenvalue weighted by Crippen LogP contribution is 2.08. The number of aliphatic carboxylic acids is 1. The van der Waals surface area contributed by atoms with Crippen LogP contribution in [0.25, 0.3) is 0 Å². The van der Waals surface area contributed by atoms with Crippen LogP contribution in [0.2, 0.25) is 0 Å². The first-order chi connectivity index (χ1) is 9.11. The first kappa shape index (κ1) is 18.2. The molecule has 0 aliphatic heterocycles. The smallest absolute Gasteiger partial charge is 0.326 e. The second-order valence-electron chi connectivity index (χ2n) is 4.12. The molecule has 2 atom stereocenters. The third-order valence-corrected chi connectivity index (χ3v) is 3.53. The fraction of sp³-hybridized carbons (Fsp3) is 0.833. The predicted molar refractivity (Wildman–Crippen MR) is 74.3 cm³/mol. The van der Waals surface area contributed by atoms with E-state index in [4.69, 9.17) is 9.84 Å². The predicted octanol–water partition coefficient (Wildman–Crippen LogP) is 0.487. The van der Waals surface area contributed by atoms with Crippen LogP contribution in [0.5, 0.6) is 0 Å². The van der Waals surface area contributed by atoms with Crippen LogP contribution in [-0.4, -0.2) is 59.5 Å². The molecule has 0 heterocycles. The zero-order valence-corrected chi connectivity index (χ0v) is 12.0. The van der Waals surface area contributed by atoms with Gasteiger partial charge in [0.25, 0.3) is 0 Å². The van der Waals surface area contributed by atoms with Crippen LogP contribution in [0.4, 0.5) is 0 Å². The summed E-state index contributed by atoms with van der Waals surface area (Å²) in [5, 5.41) is 20.6. The highest BCUT2D eigenvalue weighted by atomic mass is 32.2. The first-order valence-electron chi connectivity index (χ1n) is 6.37. The number of hydrogen-bond acceptors (Lipinski definition) is 5. The number of hydrogen-bond donors (Lipinski definition) is 3. The average molecular weight is 293 g/mol. The van der Waals surface area contributed by atoms with Gasteiger partial charge in [0.1, 0.15) is 6.04 Å². The quantitative estimate of drug-likeness (QED) is 0.338. The number of unbranched alkanes of at least 4 members (excludes halogenated alkanes) is 1. The third kappa shape index (κ3) is 10.8. The van der Waals surface area contributed by atoms with Crippen LogP contribution in [0, 0.1) is 0 Å². The number of thioether (sulfide) groups is 1. The number of ether oxygens (including phenoxy) is 1. The second kappa shape index (κ2) is 12.3. The Bertz CT molecular complexity index is 252. The van der Waals surface area contributed by atoms with E-state index < -0.39 is 18.1 Å². The van der Waals surface area contributed by atoms with Gasteiger partial charge < -0.3 is 20.3 Å². The molecule has 6 nitrogen and oxygen atoms in total. The maximum absolute atomic E-state index is 10.7. The molecule has 2 unspecified atom stereocenters. The van der Waals surface area contributed by atoms with E-state index in [1.165, 1.54) is 11.8 Å². The molecular weight excluding hydrogens is 270 g/mol. The minimum absolute atomic E-state index is 0.307. The molecule has 1 amide bonds. The number of carbonyl (C=O) groups is 2. The van der Waals surface area contributed by atoms with E-state index >= 15 is 0 Å². The summed E-state index contributed by atoms with van der Waals surface area (Å²) in [6.07, 6.45) is 2.23. The Morgan fingerprint density at radius 1 is 1.53 bits per heavy atom. The van der Waals surface area contributed by atoms with Crippen LogP contribution in [0.15, 0.2) is 0 Å². The van der Waals surface area contributed by atoms with Crippen molar-refractivity contribution in [2.24, 2.45) is 0 Å². The lowest BCUT2D eigenvalue weighted by atomic mass is 10.2. The van der Waals surface area contributed by atoms with Gasteiger partial charge in [-0.3, -0.25) is 4.79 Å². The topological polar surface area (TPSA) is 95.9 Å². The Morgan fingerprint density at radius 2 is 2.26 bits per heavy atom. The van der Waals surface area contributed by atoms with E-state index in [9.17, 15) is 14.7 Å². The Kier molecular flexibility index (Phi) is 11.7. The SMILES string of the molecule is CCCCOCC(O)CSCCC(NC=O)C(=O)O. The van der Waals surface area contributed by atoms with Gasteiger partial charge in [-0.15, -0.1) is 0 Å². The van der Waals surface area contributed by atoms with Gasteiger partial charge in [-0.1, -0.05) is 13.3 Å². The van der Waals surface area contributed by atoms with Crippen molar-refractivity contribution in [1.82, 2.24) is 5.32 Å². The van der Waals surface area contributed by atoms with Crippen molar-refractivity contribution in [3.05, 3.63) is 0 Å². The molecule has 7 heteroatoms. The molecule has 0 fully saturated rings. The summed E-state index contributed by atoms with van der Waals surface area (Å²) in [4.78, 5) is 20.9. The summed E-state index contributed by atoms with van der Waals surface area (Å²) in [5.74, 6) is 0.0137. The molecule has 0 aromatic heterocycles. The van der Waals surface area contributed by atoms with E-state index in [1.54, 1.807) is 0 Å². The van der Waals surface area contributed by atoms with Gasteiger partial charge >= 0.3 is 5.97 Å². The molecule has 0 saturated carbocycles. The molecule has 3 N–H and O–H groups in total. The van der Waals surface area contributed by atoms with Gasteiger partial charge in [-0.2, -0.15) is 11.8 Å². The Hall–Kier alpha value is -0.790. The molecule has 0 aromatic carbocycles. The van der Waals surface area contributed by atoms with Gasteiger partial charge in [0.05, 0.1) is 12.7 Å². The maximum atomic E-state index is 10.7. The number of carboxylic acid groups (broad SMARTS) is 1. The molecule has 112 valence electrons. The van der Waals surface area contributed by atoms with Gasteiger partial charge in [0.15, 0.2) is 0 Å². The number of carboxylic acids is 1. The highest BCUT2D eigenvalue weighted by molar-refractivity contribution is 7.99. The van der Waals surface area contributed by atoms with E-state index in [-0.39, 0.29) is 0 Å².